The van der Waals surface area contributed by atoms with E-state index < -0.39 is 0 Å². The molecule has 2 rings (SSSR count). The van der Waals surface area contributed by atoms with Gasteiger partial charge in [-0.15, -0.1) is 0 Å². The van der Waals surface area contributed by atoms with Crippen molar-refractivity contribution in [2.45, 2.75) is 39.3 Å². The topological polar surface area (TPSA) is 25.2 Å². The molecule has 1 N–H and O–H groups in total. The molecule has 0 radical (unpaired) electrons. The van der Waals surface area contributed by atoms with E-state index in [-0.39, 0.29) is 0 Å². The third-order valence-corrected chi connectivity index (χ3v) is 3.74. The van der Waals surface area contributed by atoms with E-state index in [4.69, 9.17) is 4.42 Å². The van der Waals surface area contributed by atoms with Gasteiger partial charge in [0.2, 0.25) is 0 Å². The van der Waals surface area contributed by atoms with Crippen LogP contribution in [0.5, 0.6) is 0 Å². The zero-order chi connectivity index (χ0) is 13.8. The van der Waals surface area contributed by atoms with Crippen molar-refractivity contribution < 1.29 is 4.42 Å². The summed E-state index contributed by atoms with van der Waals surface area (Å²) in [5.74, 6) is 1.52. The van der Waals surface area contributed by atoms with Crippen LogP contribution in [0.2, 0.25) is 0 Å². The molecule has 0 amide bonds. The van der Waals surface area contributed by atoms with Crippen molar-refractivity contribution in [1.29, 1.82) is 0 Å². The molecule has 19 heavy (non-hydrogen) atoms. The predicted molar refractivity (Wildman–Crippen MR) is 82.2 cm³/mol. The lowest BCUT2D eigenvalue weighted by molar-refractivity contribution is 0.447. The van der Waals surface area contributed by atoms with Crippen LogP contribution in [0.25, 0.3) is 0 Å². The van der Waals surface area contributed by atoms with Gasteiger partial charge in [-0.3, -0.25) is 0 Å². The number of benzene rings is 1. The van der Waals surface area contributed by atoms with Crippen molar-refractivity contribution in [1.82, 2.24) is 5.32 Å². The lowest BCUT2D eigenvalue weighted by Gasteiger charge is -2.14. The van der Waals surface area contributed by atoms with Crippen LogP contribution in [-0.2, 0) is 6.54 Å². The van der Waals surface area contributed by atoms with Gasteiger partial charge in [0.25, 0.3) is 0 Å². The van der Waals surface area contributed by atoms with Crippen LogP contribution in [0.3, 0.4) is 0 Å². The normalized spacial score (nSPS) is 12.9. The van der Waals surface area contributed by atoms with Gasteiger partial charge >= 0.3 is 0 Å². The third-order valence-electron chi connectivity index (χ3n) is 3.31. The Hall–Kier alpha value is -1.06. The molecule has 1 unspecified atom stereocenters. The number of nitrogens with one attached hydrogen (secondary N) is 1. The van der Waals surface area contributed by atoms with Crippen LogP contribution in [0.1, 0.15) is 49.6 Å². The quantitative estimate of drug-likeness (QED) is 0.836. The molecule has 0 saturated heterocycles. The smallest absolute Gasteiger partial charge is 0.169 e. The first-order valence-electron chi connectivity index (χ1n) is 6.63. The van der Waals surface area contributed by atoms with Gasteiger partial charge in [-0.1, -0.05) is 38.1 Å². The molecule has 0 aliphatic rings. The van der Waals surface area contributed by atoms with Crippen molar-refractivity contribution >= 4 is 15.9 Å². The van der Waals surface area contributed by atoms with Crippen LogP contribution >= 0.6 is 15.9 Å². The summed E-state index contributed by atoms with van der Waals surface area (Å²) in [5.41, 5.74) is 2.68. The summed E-state index contributed by atoms with van der Waals surface area (Å²) in [7, 11) is 0. The average Bonchev–Trinajstić information content (AvgIpc) is 2.82. The molecule has 0 aliphatic heterocycles. The predicted octanol–water partition coefficient (Wildman–Crippen LogP) is 5.02. The van der Waals surface area contributed by atoms with Gasteiger partial charge in [0.15, 0.2) is 4.67 Å². The molecule has 2 nitrogen and oxygen atoms in total. The highest BCUT2D eigenvalue weighted by molar-refractivity contribution is 9.10. The van der Waals surface area contributed by atoms with Crippen LogP contribution in [0, 0.1) is 0 Å². The molecular weight excluding hydrogens is 302 g/mol. The highest BCUT2D eigenvalue weighted by Gasteiger charge is 2.07. The van der Waals surface area contributed by atoms with E-state index in [1.807, 2.05) is 12.1 Å². The fourth-order valence-corrected chi connectivity index (χ4v) is 2.33. The fourth-order valence-electron chi connectivity index (χ4n) is 1.99. The monoisotopic (exact) mass is 321 g/mol. The van der Waals surface area contributed by atoms with Gasteiger partial charge in [-0.25, -0.2) is 0 Å². The largest absolute Gasteiger partial charge is 0.453 e. The fraction of sp³-hybridized carbons (Fsp3) is 0.375. The molecule has 3 heteroatoms. The highest BCUT2D eigenvalue weighted by atomic mass is 79.9. The molecule has 1 atom stereocenters. The number of hydrogen-bond acceptors (Lipinski definition) is 2. The Morgan fingerprint density at radius 1 is 1.00 bits per heavy atom. The third kappa shape index (κ3) is 3.95. The Balaban J connectivity index is 1.94. The summed E-state index contributed by atoms with van der Waals surface area (Å²) in [4.78, 5) is 0. The minimum atomic E-state index is 0.310. The van der Waals surface area contributed by atoms with E-state index in [0.29, 0.717) is 12.0 Å². The summed E-state index contributed by atoms with van der Waals surface area (Å²) >= 11 is 3.31. The van der Waals surface area contributed by atoms with Crippen LogP contribution < -0.4 is 5.32 Å². The van der Waals surface area contributed by atoms with Gasteiger partial charge in [-0.05, 0) is 52.0 Å². The SMILES string of the molecule is CC(C)c1ccc(C(C)NCc2ccc(Br)o2)cc1. The first-order chi connectivity index (χ1) is 9.06. The van der Waals surface area contributed by atoms with Gasteiger partial charge in [-0.2, -0.15) is 0 Å². The Labute approximate surface area is 123 Å². The molecule has 0 fully saturated rings. The Kier molecular flexibility index (Phi) is 4.83. The van der Waals surface area contributed by atoms with Crippen molar-refractivity contribution in [3.8, 4) is 0 Å². The standard InChI is InChI=1S/C16H20BrNO/c1-11(2)13-4-6-14(7-5-13)12(3)18-10-15-8-9-16(17)19-15/h4-9,11-12,18H,10H2,1-3H3. The first-order valence-corrected chi connectivity index (χ1v) is 7.43. The van der Waals surface area contributed by atoms with E-state index >= 15 is 0 Å². The van der Waals surface area contributed by atoms with E-state index in [9.17, 15) is 0 Å². The summed E-state index contributed by atoms with van der Waals surface area (Å²) in [6.45, 7) is 7.33. The average molecular weight is 322 g/mol. The van der Waals surface area contributed by atoms with Gasteiger partial charge in [0.1, 0.15) is 5.76 Å². The van der Waals surface area contributed by atoms with Gasteiger partial charge in [0, 0.05) is 6.04 Å². The molecule has 1 aromatic heterocycles. The van der Waals surface area contributed by atoms with E-state index in [2.05, 4.69) is 66.3 Å². The van der Waals surface area contributed by atoms with Crippen LogP contribution in [0.15, 0.2) is 45.5 Å². The first kappa shape index (κ1) is 14.4. The van der Waals surface area contributed by atoms with E-state index in [1.165, 1.54) is 11.1 Å². The maximum Gasteiger partial charge on any atom is 0.169 e. The van der Waals surface area contributed by atoms with Crippen molar-refractivity contribution in [2.75, 3.05) is 0 Å². The second-order valence-electron chi connectivity index (χ2n) is 5.13. The Morgan fingerprint density at radius 3 is 2.16 bits per heavy atom. The number of furan rings is 1. The van der Waals surface area contributed by atoms with Crippen LogP contribution in [0.4, 0.5) is 0 Å². The summed E-state index contributed by atoms with van der Waals surface area (Å²) < 4.78 is 6.25. The van der Waals surface area contributed by atoms with E-state index in [1.54, 1.807) is 0 Å². The molecule has 102 valence electrons. The number of halogens is 1. The minimum absolute atomic E-state index is 0.310. The van der Waals surface area contributed by atoms with Crippen LogP contribution in [-0.4, -0.2) is 0 Å². The lowest BCUT2D eigenvalue weighted by Crippen LogP contribution is -2.17. The molecule has 1 heterocycles. The Morgan fingerprint density at radius 2 is 1.63 bits per heavy atom. The Bertz CT molecular complexity index is 516. The number of hydrogen-bond donors (Lipinski definition) is 1. The maximum atomic E-state index is 5.47. The zero-order valence-corrected chi connectivity index (χ0v) is 13.2. The summed E-state index contributed by atoms with van der Waals surface area (Å²) in [6.07, 6.45) is 0. The van der Waals surface area contributed by atoms with Crippen molar-refractivity contribution in [2.24, 2.45) is 0 Å². The van der Waals surface area contributed by atoms with Crippen molar-refractivity contribution in [3.63, 3.8) is 0 Å². The minimum Gasteiger partial charge on any atom is -0.453 e. The second kappa shape index (κ2) is 6.40. The van der Waals surface area contributed by atoms with Crippen molar-refractivity contribution in [3.05, 3.63) is 58.0 Å². The molecule has 0 aliphatic carbocycles. The lowest BCUT2D eigenvalue weighted by atomic mass is 9.99. The van der Waals surface area contributed by atoms with Gasteiger partial charge in [0.05, 0.1) is 6.54 Å². The molecule has 1 aromatic carbocycles. The number of rotatable bonds is 5. The van der Waals surface area contributed by atoms with Gasteiger partial charge < -0.3 is 9.73 Å². The molecule has 0 bridgehead atoms. The zero-order valence-electron chi connectivity index (χ0n) is 11.6. The summed E-state index contributed by atoms with van der Waals surface area (Å²) in [5, 5.41) is 3.46. The highest BCUT2D eigenvalue weighted by Crippen LogP contribution is 2.19. The maximum absolute atomic E-state index is 5.47. The molecule has 0 spiro atoms. The van der Waals surface area contributed by atoms with E-state index in [0.717, 1.165) is 17.0 Å². The second-order valence-corrected chi connectivity index (χ2v) is 5.91. The molecule has 2 aromatic rings. The molecule has 0 saturated carbocycles. The molecular formula is C16H20BrNO. The summed E-state index contributed by atoms with van der Waals surface area (Å²) in [6, 6.07) is 13.0.